The lowest BCUT2D eigenvalue weighted by atomic mass is 9.93. The van der Waals surface area contributed by atoms with Crippen LogP contribution in [0.5, 0.6) is 0 Å². The number of fused-ring (bicyclic) bond motifs is 1. The van der Waals surface area contributed by atoms with Crippen molar-refractivity contribution in [1.29, 1.82) is 0 Å². The average molecular weight is 380 g/mol. The van der Waals surface area contributed by atoms with Gasteiger partial charge in [0.15, 0.2) is 5.78 Å². The Labute approximate surface area is 161 Å². The number of aryl methyl sites for hydroxylation is 1. The van der Waals surface area contributed by atoms with Crippen LogP contribution in [0.25, 0.3) is 10.9 Å². The van der Waals surface area contributed by atoms with Gasteiger partial charge in [-0.3, -0.25) is 4.79 Å². The maximum Gasteiger partial charge on any atom is 0.321 e. The van der Waals surface area contributed by atoms with E-state index >= 15 is 0 Å². The number of hydrogen-bond acceptors (Lipinski definition) is 5. The Bertz CT molecular complexity index is 987. The molecule has 1 N–H and O–H groups in total. The highest BCUT2D eigenvalue weighted by Gasteiger charge is 2.29. The Balaban J connectivity index is 1.50. The van der Waals surface area contributed by atoms with Gasteiger partial charge >= 0.3 is 6.03 Å². The number of thiophene rings is 1. The van der Waals surface area contributed by atoms with Crippen molar-refractivity contribution < 1.29 is 9.59 Å². The van der Waals surface area contributed by atoms with Crippen LogP contribution in [0.3, 0.4) is 0 Å². The molecular weight excluding hydrogens is 360 g/mol. The van der Waals surface area contributed by atoms with Crippen LogP contribution in [0.15, 0.2) is 41.8 Å². The Morgan fingerprint density at radius 2 is 2.11 bits per heavy atom. The number of urea groups is 1. The number of aromatic nitrogens is 2. The Hall–Kier alpha value is -2.80. The second-order valence-electron chi connectivity index (χ2n) is 6.78. The zero-order valence-corrected chi connectivity index (χ0v) is 15.8. The van der Waals surface area contributed by atoms with Crippen LogP contribution in [0, 0.1) is 12.8 Å². The third-order valence-electron chi connectivity index (χ3n) is 4.84. The number of carbonyl (C=O) groups excluding carboxylic acids is 2. The molecule has 0 bridgehead atoms. The first-order chi connectivity index (χ1) is 13.1. The fourth-order valence-corrected chi connectivity index (χ4v) is 4.20. The maximum absolute atomic E-state index is 12.8. The molecule has 7 heteroatoms. The number of Topliss-reactive ketones (excluding diaryl/α,β-unsaturated/α-hetero) is 1. The van der Waals surface area contributed by atoms with Crippen molar-refractivity contribution in [3.63, 3.8) is 0 Å². The Kier molecular flexibility index (Phi) is 4.85. The number of likely N-dealkylation sites (tertiary alicyclic amines) is 1. The van der Waals surface area contributed by atoms with Gasteiger partial charge in [-0.15, -0.1) is 11.3 Å². The van der Waals surface area contributed by atoms with Gasteiger partial charge in [0.2, 0.25) is 0 Å². The van der Waals surface area contributed by atoms with Gasteiger partial charge in [-0.1, -0.05) is 12.1 Å². The molecule has 2 aromatic heterocycles. The largest absolute Gasteiger partial charge is 0.324 e. The van der Waals surface area contributed by atoms with Crippen LogP contribution in [0.4, 0.5) is 10.5 Å². The maximum atomic E-state index is 12.8. The van der Waals surface area contributed by atoms with E-state index in [-0.39, 0.29) is 17.7 Å². The number of piperidine rings is 1. The van der Waals surface area contributed by atoms with Crippen molar-refractivity contribution in [1.82, 2.24) is 15.1 Å². The van der Waals surface area contributed by atoms with E-state index in [0.717, 1.165) is 34.3 Å². The van der Waals surface area contributed by atoms with Gasteiger partial charge < -0.3 is 10.2 Å². The predicted octanol–water partition coefficient (Wildman–Crippen LogP) is 4.13. The second kappa shape index (κ2) is 7.44. The zero-order valence-electron chi connectivity index (χ0n) is 15.0. The molecule has 1 saturated heterocycles. The van der Waals surface area contributed by atoms with Gasteiger partial charge in [0.1, 0.15) is 0 Å². The Morgan fingerprint density at radius 3 is 2.93 bits per heavy atom. The molecule has 4 rings (SSSR count). The lowest BCUT2D eigenvalue weighted by molar-refractivity contribution is 0.0856. The topological polar surface area (TPSA) is 75.2 Å². The molecule has 1 fully saturated rings. The number of ketones is 1. The average Bonchev–Trinajstić information content (AvgIpc) is 3.23. The number of anilines is 1. The number of benzene rings is 1. The molecule has 1 atom stereocenters. The number of rotatable bonds is 3. The first kappa shape index (κ1) is 17.6. The molecule has 0 unspecified atom stereocenters. The third-order valence-corrected chi connectivity index (χ3v) is 5.72. The normalized spacial score (nSPS) is 17.1. The molecule has 1 aromatic carbocycles. The van der Waals surface area contributed by atoms with Crippen molar-refractivity contribution in [3.05, 3.63) is 52.3 Å². The zero-order chi connectivity index (χ0) is 18.8. The molecule has 0 spiro atoms. The van der Waals surface area contributed by atoms with Gasteiger partial charge in [0, 0.05) is 24.4 Å². The van der Waals surface area contributed by atoms with Crippen molar-refractivity contribution in [2.24, 2.45) is 5.92 Å². The first-order valence-corrected chi connectivity index (χ1v) is 9.86. The van der Waals surface area contributed by atoms with Crippen LogP contribution in [0.2, 0.25) is 0 Å². The van der Waals surface area contributed by atoms with Crippen LogP contribution in [-0.4, -0.2) is 40.0 Å². The molecule has 3 heterocycles. The summed E-state index contributed by atoms with van der Waals surface area (Å²) >= 11 is 1.46. The summed E-state index contributed by atoms with van der Waals surface area (Å²) in [6, 6.07) is 11.1. The summed E-state index contributed by atoms with van der Waals surface area (Å²) in [4.78, 5) is 28.0. The minimum Gasteiger partial charge on any atom is -0.324 e. The van der Waals surface area contributed by atoms with E-state index in [9.17, 15) is 9.59 Å². The number of nitrogens with zero attached hydrogens (tertiary/aromatic N) is 3. The van der Waals surface area contributed by atoms with E-state index < -0.39 is 0 Å². The van der Waals surface area contributed by atoms with Crippen LogP contribution < -0.4 is 5.32 Å². The highest BCUT2D eigenvalue weighted by atomic mass is 32.1. The Morgan fingerprint density at radius 1 is 1.22 bits per heavy atom. The second-order valence-corrected chi connectivity index (χ2v) is 7.73. The first-order valence-electron chi connectivity index (χ1n) is 8.98. The summed E-state index contributed by atoms with van der Waals surface area (Å²) in [6.45, 7) is 2.98. The summed E-state index contributed by atoms with van der Waals surface area (Å²) in [6.07, 6.45) is 1.65. The fraction of sp³-hybridized carbons (Fsp3) is 0.300. The lowest BCUT2D eigenvalue weighted by Gasteiger charge is -2.32. The van der Waals surface area contributed by atoms with Crippen LogP contribution in [0.1, 0.15) is 28.2 Å². The van der Waals surface area contributed by atoms with Gasteiger partial charge in [-0.25, -0.2) is 4.79 Å². The molecule has 3 aromatic rings. The van der Waals surface area contributed by atoms with Crippen LogP contribution in [-0.2, 0) is 0 Å². The van der Waals surface area contributed by atoms with Crippen LogP contribution >= 0.6 is 11.3 Å². The lowest BCUT2D eigenvalue weighted by Crippen LogP contribution is -2.44. The molecule has 0 aliphatic carbocycles. The predicted molar refractivity (Wildman–Crippen MR) is 106 cm³/mol. The highest BCUT2D eigenvalue weighted by molar-refractivity contribution is 7.12. The third kappa shape index (κ3) is 3.68. The molecule has 0 radical (unpaired) electrons. The van der Waals surface area contributed by atoms with Gasteiger partial charge in [0.25, 0.3) is 0 Å². The molecule has 2 amide bonds. The number of hydrogen-bond donors (Lipinski definition) is 1. The highest BCUT2D eigenvalue weighted by Crippen LogP contribution is 2.25. The summed E-state index contributed by atoms with van der Waals surface area (Å²) in [5.74, 6) is 0.00217. The van der Waals surface area contributed by atoms with Gasteiger partial charge in [-0.2, -0.15) is 10.2 Å². The number of amides is 2. The smallest absolute Gasteiger partial charge is 0.321 e. The molecular formula is C20H20N4O2S. The van der Waals surface area contributed by atoms with Crippen molar-refractivity contribution in [2.45, 2.75) is 19.8 Å². The van der Waals surface area contributed by atoms with Crippen molar-refractivity contribution in [3.8, 4) is 0 Å². The molecule has 27 heavy (non-hydrogen) atoms. The van der Waals surface area contributed by atoms with Crippen molar-refractivity contribution >= 4 is 39.7 Å². The fourth-order valence-electron chi connectivity index (χ4n) is 3.46. The SMILES string of the molecule is Cc1cc2c(NC(=O)N3CCC[C@@H](C(=O)c4cccs4)C3)cccc2nn1. The van der Waals surface area contributed by atoms with E-state index in [1.807, 2.05) is 48.7 Å². The number of nitrogens with one attached hydrogen (secondary N) is 1. The molecule has 6 nitrogen and oxygen atoms in total. The quantitative estimate of drug-likeness (QED) is 0.694. The summed E-state index contributed by atoms with van der Waals surface area (Å²) in [7, 11) is 0. The minimum absolute atomic E-state index is 0.135. The summed E-state index contributed by atoms with van der Waals surface area (Å²) < 4.78 is 0. The summed E-state index contributed by atoms with van der Waals surface area (Å²) in [5, 5.41) is 14.0. The van der Waals surface area contributed by atoms with Crippen molar-refractivity contribution in [2.75, 3.05) is 18.4 Å². The summed E-state index contributed by atoms with van der Waals surface area (Å²) in [5.41, 5.74) is 2.24. The molecule has 0 saturated carbocycles. The van der Waals surface area contributed by atoms with E-state index in [1.54, 1.807) is 4.90 Å². The van der Waals surface area contributed by atoms with E-state index in [0.29, 0.717) is 18.8 Å². The van der Waals surface area contributed by atoms with E-state index in [1.165, 1.54) is 11.3 Å². The minimum atomic E-state index is -0.180. The van der Waals surface area contributed by atoms with Gasteiger partial charge in [-0.05, 0) is 49.4 Å². The van der Waals surface area contributed by atoms with E-state index in [2.05, 4.69) is 15.5 Å². The molecule has 1 aliphatic heterocycles. The monoisotopic (exact) mass is 380 g/mol. The number of carbonyl (C=O) groups is 2. The van der Waals surface area contributed by atoms with Gasteiger partial charge in [0.05, 0.1) is 21.8 Å². The standard InChI is InChI=1S/C20H20N4O2S/c1-13-11-15-16(6-2-7-17(15)23-22-13)21-20(26)24-9-3-5-14(12-24)19(25)18-8-4-10-27-18/h2,4,6-8,10-11,14H,3,5,9,12H2,1H3,(H,21,26)/t14-/m1/s1. The van der Waals surface area contributed by atoms with E-state index in [4.69, 9.17) is 0 Å². The molecule has 1 aliphatic rings. The molecule has 138 valence electrons.